The first-order valence-electron chi connectivity index (χ1n) is 7.96. The summed E-state index contributed by atoms with van der Waals surface area (Å²) in [5, 5.41) is 13.1. The summed E-state index contributed by atoms with van der Waals surface area (Å²) < 4.78 is 2.24. The van der Waals surface area contributed by atoms with Gasteiger partial charge in [-0.05, 0) is 38.7 Å². The maximum absolute atomic E-state index is 4.47. The molecule has 120 valence electrons. The van der Waals surface area contributed by atoms with E-state index < -0.39 is 0 Å². The molecule has 3 aromatic rings. The van der Waals surface area contributed by atoms with E-state index >= 15 is 0 Å². The van der Waals surface area contributed by atoms with E-state index in [9.17, 15) is 0 Å². The van der Waals surface area contributed by atoms with E-state index in [4.69, 9.17) is 0 Å². The molecule has 0 amide bonds. The molecule has 4 rings (SSSR count). The van der Waals surface area contributed by atoms with Crippen molar-refractivity contribution in [2.24, 2.45) is 5.92 Å². The van der Waals surface area contributed by atoms with Gasteiger partial charge >= 0.3 is 0 Å². The Morgan fingerprint density at radius 3 is 3.00 bits per heavy atom. The van der Waals surface area contributed by atoms with Gasteiger partial charge in [0.1, 0.15) is 28.6 Å². The molecule has 0 radical (unpaired) electrons. The highest BCUT2D eigenvalue weighted by molar-refractivity contribution is 7.18. The Balaban J connectivity index is 1.53. The summed E-state index contributed by atoms with van der Waals surface area (Å²) in [6.07, 6.45) is 3.80. The topological polar surface area (TPSA) is 68.5 Å². The van der Waals surface area contributed by atoms with E-state index in [2.05, 4.69) is 43.9 Å². The molecule has 0 saturated heterocycles. The predicted molar refractivity (Wildman–Crippen MR) is 91.9 cm³/mol. The first-order valence-corrected chi connectivity index (χ1v) is 8.78. The standard InChI is InChI=1S/C16H20N6S/c1-9-10(2)23-16-14(9)15(18-8-19-16)17-6-12-4-5-13-21-20-11(3)22(13)7-12/h8,12H,4-7H2,1-3H3,(H,17,18,19)/t12-/m0/s1. The lowest BCUT2D eigenvalue weighted by atomic mass is 9.99. The van der Waals surface area contributed by atoms with E-state index in [1.54, 1.807) is 17.7 Å². The lowest BCUT2D eigenvalue weighted by Crippen LogP contribution is -2.27. The van der Waals surface area contributed by atoms with Gasteiger partial charge in [-0.3, -0.25) is 0 Å². The summed E-state index contributed by atoms with van der Waals surface area (Å²) in [5.41, 5.74) is 1.29. The molecule has 1 N–H and O–H groups in total. The molecule has 1 aliphatic rings. The highest BCUT2D eigenvalue weighted by Crippen LogP contribution is 2.32. The molecule has 23 heavy (non-hydrogen) atoms. The van der Waals surface area contributed by atoms with Gasteiger partial charge in [-0.2, -0.15) is 0 Å². The predicted octanol–water partition coefficient (Wildman–Crippen LogP) is 2.88. The van der Waals surface area contributed by atoms with E-state index in [1.165, 1.54) is 15.8 Å². The summed E-state index contributed by atoms with van der Waals surface area (Å²) in [4.78, 5) is 11.2. The molecular formula is C16H20N6S. The maximum atomic E-state index is 4.47. The van der Waals surface area contributed by atoms with Crippen LogP contribution >= 0.6 is 11.3 Å². The number of aryl methyl sites for hydroxylation is 4. The van der Waals surface area contributed by atoms with E-state index in [0.717, 1.165) is 48.2 Å². The van der Waals surface area contributed by atoms with Gasteiger partial charge < -0.3 is 9.88 Å². The molecule has 0 spiro atoms. The zero-order valence-corrected chi connectivity index (χ0v) is 14.4. The monoisotopic (exact) mass is 328 g/mol. The van der Waals surface area contributed by atoms with Gasteiger partial charge in [-0.25, -0.2) is 9.97 Å². The number of nitrogens with zero attached hydrogens (tertiary/aromatic N) is 5. The van der Waals surface area contributed by atoms with Gasteiger partial charge in [0.25, 0.3) is 0 Å². The Hall–Kier alpha value is -2.02. The fraction of sp³-hybridized carbons (Fsp3) is 0.500. The highest BCUT2D eigenvalue weighted by atomic mass is 32.1. The third-order valence-corrected chi connectivity index (χ3v) is 5.87. The normalized spacial score (nSPS) is 17.4. The van der Waals surface area contributed by atoms with Gasteiger partial charge in [-0.1, -0.05) is 0 Å². The second kappa shape index (κ2) is 5.56. The molecule has 1 aliphatic heterocycles. The number of fused-ring (bicyclic) bond motifs is 2. The fourth-order valence-electron chi connectivity index (χ4n) is 3.25. The molecule has 0 saturated carbocycles. The van der Waals surface area contributed by atoms with Gasteiger partial charge in [0.2, 0.25) is 0 Å². The lowest BCUT2D eigenvalue weighted by molar-refractivity contribution is 0.377. The van der Waals surface area contributed by atoms with E-state index in [1.807, 2.05) is 6.92 Å². The van der Waals surface area contributed by atoms with Crippen LogP contribution in [0.3, 0.4) is 0 Å². The quantitative estimate of drug-likeness (QED) is 0.800. The van der Waals surface area contributed by atoms with E-state index in [-0.39, 0.29) is 0 Å². The Kier molecular flexibility index (Phi) is 3.52. The second-order valence-electron chi connectivity index (χ2n) is 6.25. The number of nitrogens with one attached hydrogen (secondary N) is 1. The van der Waals surface area contributed by atoms with Crippen molar-refractivity contribution in [3.05, 3.63) is 28.4 Å². The summed E-state index contributed by atoms with van der Waals surface area (Å²) in [6.45, 7) is 8.21. The minimum atomic E-state index is 0.572. The van der Waals surface area contributed by atoms with Gasteiger partial charge in [0, 0.05) is 24.4 Å². The van der Waals surface area contributed by atoms with Gasteiger partial charge in [0.15, 0.2) is 0 Å². The van der Waals surface area contributed by atoms with Crippen LogP contribution in [-0.4, -0.2) is 31.3 Å². The molecule has 3 aromatic heterocycles. The van der Waals surface area contributed by atoms with Crippen molar-refractivity contribution in [2.75, 3.05) is 11.9 Å². The average Bonchev–Trinajstić information content (AvgIpc) is 3.06. The number of thiophene rings is 1. The number of aromatic nitrogens is 5. The fourth-order valence-corrected chi connectivity index (χ4v) is 4.25. The van der Waals surface area contributed by atoms with Crippen LogP contribution in [0.25, 0.3) is 10.2 Å². The van der Waals surface area contributed by atoms with E-state index in [0.29, 0.717) is 5.92 Å². The Bertz CT molecular complexity index is 865. The number of hydrogen-bond acceptors (Lipinski definition) is 6. The lowest BCUT2D eigenvalue weighted by Gasteiger charge is -2.24. The molecule has 0 aliphatic carbocycles. The van der Waals surface area contributed by atoms with Crippen molar-refractivity contribution in [3.8, 4) is 0 Å². The summed E-state index contributed by atoms with van der Waals surface area (Å²) >= 11 is 1.74. The largest absolute Gasteiger partial charge is 0.369 e. The molecule has 6 nitrogen and oxygen atoms in total. The molecule has 4 heterocycles. The van der Waals surface area contributed by atoms with Crippen molar-refractivity contribution in [3.63, 3.8) is 0 Å². The van der Waals surface area contributed by atoms with Crippen LogP contribution in [-0.2, 0) is 13.0 Å². The van der Waals surface area contributed by atoms with Crippen LogP contribution in [0.4, 0.5) is 5.82 Å². The zero-order valence-electron chi connectivity index (χ0n) is 13.6. The van der Waals surface area contributed by atoms with Crippen molar-refractivity contribution in [2.45, 2.75) is 40.2 Å². The van der Waals surface area contributed by atoms with Crippen LogP contribution in [0.15, 0.2) is 6.33 Å². The number of hydrogen-bond donors (Lipinski definition) is 1. The smallest absolute Gasteiger partial charge is 0.138 e. The SMILES string of the molecule is Cc1sc2ncnc(NC[C@@H]3CCc4nnc(C)n4C3)c2c1C. The molecule has 0 fully saturated rings. The Morgan fingerprint density at radius 1 is 1.26 bits per heavy atom. The van der Waals surface area contributed by atoms with Gasteiger partial charge in [-0.15, -0.1) is 21.5 Å². The van der Waals surface area contributed by atoms with Crippen LogP contribution in [0, 0.1) is 26.7 Å². The average molecular weight is 328 g/mol. The zero-order chi connectivity index (χ0) is 16.0. The molecule has 0 unspecified atom stereocenters. The first-order chi connectivity index (χ1) is 11.1. The van der Waals surface area contributed by atoms with Crippen molar-refractivity contribution >= 4 is 27.4 Å². The summed E-state index contributed by atoms with van der Waals surface area (Å²) in [6, 6.07) is 0. The van der Waals surface area contributed by atoms with Crippen molar-refractivity contribution in [1.29, 1.82) is 0 Å². The number of rotatable bonds is 3. The van der Waals surface area contributed by atoms with Crippen LogP contribution in [0.5, 0.6) is 0 Å². The Morgan fingerprint density at radius 2 is 2.13 bits per heavy atom. The minimum absolute atomic E-state index is 0.572. The number of anilines is 1. The van der Waals surface area contributed by atoms with Crippen molar-refractivity contribution in [1.82, 2.24) is 24.7 Å². The molecule has 0 aromatic carbocycles. The molecule has 0 bridgehead atoms. The van der Waals surface area contributed by atoms with Crippen molar-refractivity contribution < 1.29 is 0 Å². The summed E-state index contributed by atoms with van der Waals surface area (Å²) in [7, 11) is 0. The Labute approximate surface area is 139 Å². The minimum Gasteiger partial charge on any atom is -0.369 e. The third-order valence-electron chi connectivity index (χ3n) is 4.75. The van der Waals surface area contributed by atoms with Crippen LogP contribution < -0.4 is 5.32 Å². The third kappa shape index (κ3) is 2.49. The highest BCUT2D eigenvalue weighted by Gasteiger charge is 2.22. The van der Waals surface area contributed by atoms with Crippen LogP contribution in [0.2, 0.25) is 0 Å². The summed E-state index contributed by atoms with van der Waals surface area (Å²) in [5.74, 6) is 3.66. The van der Waals surface area contributed by atoms with Crippen LogP contribution in [0.1, 0.15) is 28.5 Å². The first kappa shape index (κ1) is 14.6. The maximum Gasteiger partial charge on any atom is 0.138 e. The molecular weight excluding hydrogens is 308 g/mol. The second-order valence-corrected chi connectivity index (χ2v) is 7.45. The van der Waals surface area contributed by atoms with Gasteiger partial charge in [0.05, 0.1) is 5.39 Å². The molecule has 7 heteroatoms. The molecule has 1 atom stereocenters.